The number of halogens is 1. The van der Waals surface area contributed by atoms with Crippen LogP contribution in [0.15, 0.2) is 54.4 Å². The molecule has 10 heteroatoms. The number of hydrogen-bond acceptors (Lipinski definition) is 7. The zero-order chi connectivity index (χ0) is 24.9. The number of carbonyl (C=O) groups excluding carboxylic acids is 1. The minimum Gasteiger partial charge on any atom is -0.356 e. The first-order valence-electron chi connectivity index (χ1n) is 11.8. The largest absolute Gasteiger partial charge is 0.356 e. The fourth-order valence-electron chi connectivity index (χ4n) is 4.20. The summed E-state index contributed by atoms with van der Waals surface area (Å²) >= 11 is 1.67. The molecule has 1 saturated heterocycles. The Balaban J connectivity index is 0.000000195. The number of hydrogen-bond donors (Lipinski definition) is 1. The van der Waals surface area contributed by atoms with E-state index < -0.39 is 0 Å². The van der Waals surface area contributed by atoms with Gasteiger partial charge < -0.3 is 10.2 Å². The molecule has 8 nitrogen and oxygen atoms in total. The normalized spacial score (nSPS) is 13.4. The molecule has 36 heavy (non-hydrogen) atoms. The molecule has 5 aromatic rings. The van der Waals surface area contributed by atoms with E-state index >= 15 is 0 Å². The second-order valence-electron chi connectivity index (χ2n) is 8.62. The zero-order valence-electron chi connectivity index (χ0n) is 19.9. The lowest BCUT2D eigenvalue weighted by molar-refractivity contribution is -0.109. The molecule has 0 bridgehead atoms. The van der Waals surface area contributed by atoms with Crippen molar-refractivity contribution in [1.29, 1.82) is 0 Å². The Hall–Kier alpha value is -3.92. The number of nitrogens with one attached hydrogen (secondary N) is 1. The van der Waals surface area contributed by atoms with Crippen LogP contribution in [0.25, 0.3) is 26.8 Å². The van der Waals surface area contributed by atoms with Gasteiger partial charge in [-0.2, -0.15) is 0 Å². The number of rotatable bonds is 5. The lowest BCUT2D eigenvalue weighted by Gasteiger charge is -2.27. The van der Waals surface area contributed by atoms with Gasteiger partial charge in [0.25, 0.3) is 0 Å². The quantitative estimate of drug-likeness (QED) is 0.337. The van der Waals surface area contributed by atoms with E-state index in [0.29, 0.717) is 29.9 Å². The Morgan fingerprint density at radius 1 is 1.14 bits per heavy atom. The first-order valence-corrected chi connectivity index (χ1v) is 12.7. The van der Waals surface area contributed by atoms with Crippen LogP contribution in [0.1, 0.15) is 31.9 Å². The summed E-state index contributed by atoms with van der Waals surface area (Å²) in [5, 5.41) is 11.2. The minimum absolute atomic E-state index is 0. The number of amides is 1. The van der Waals surface area contributed by atoms with E-state index in [9.17, 15) is 9.18 Å². The summed E-state index contributed by atoms with van der Waals surface area (Å²) in [6.07, 6.45) is 9.60. The highest BCUT2D eigenvalue weighted by atomic mass is 32.1. The molecule has 1 N–H and O–H groups in total. The van der Waals surface area contributed by atoms with E-state index in [4.69, 9.17) is 0 Å². The van der Waals surface area contributed by atoms with Crippen molar-refractivity contribution in [3.8, 4) is 5.69 Å². The summed E-state index contributed by atoms with van der Waals surface area (Å²) in [7, 11) is 0. The van der Waals surface area contributed by atoms with Gasteiger partial charge in [-0.05, 0) is 66.8 Å². The highest BCUT2D eigenvalue weighted by Gasteiger charge is 2.17. The monoisotopic (exact) mass is 505 g/mol. The molecule has 5 heterocycles. The molecule has 1 aliphatic rings. The van der Waals surface area contributed by atoms with Crippen LogP contribution in [0.3, 0.4) is 0 Å². The Morgan fingerprint density at radius 3 is 2.81 bits per heavy atom. The summed E-state index contributed by atoms with van der Waals surface area (Å²) in [4.78, 5) is 25.3. The van der Waals surface area contributed by atoms with Gasteiger partial charge in [0.2, 0.25) is 6.41 Å². The Bertz CT molecular complexity index is 1500. The minimum atomic E-state index is -0.232. The van der Waals surface area contributed by atoms with E-state index in [0.717, 1.165) is 30.0 Å². The fourth-order valence-corrected chi connectivity index (χ4v) is 4.93. The predicted molar refractivity (Wildman–Crippen MR) is 142 cm³/mol. The maximum Gasteiger partial charge on any atom is 0.207 e. The van der Waals surface area contributed by atoms with Crippen molar-refractivity contribution in [3.05, 3.63) is 71.5 Å². The molecule has 0 saturated carbocycles. The molecule has 1 fully saturated rings. The first kappa shape index (κ1) is 23.8. The van der Waals surface area contributed by atoms with Gasteiger partial charge in [-0.25, -0.2) is 19.0 Å². The number of thiophene rings is 1. The molecule has 0 aliphatic carbocycles. The van der Waals surface area contributed by atoms with Crippen molar-refractivity contribution in [3.63, 3.8) is 0 Å². The molecule has 6 rings (SSSR count). The summed E-state index contributed by atoms with van der Waals surface area (Å²) < 4.78 is 16.7. The van der Waals surface area contributed by atoms with Crippen molar-refractivity contribution >= 4 is 44.7 Å². The third-order valence-electron chi connectivity index (χ3n) is 6.13. The highest BCUT2D eigenvalue weighted by Crippen LogP contribution is 2.26. The molecule has 0 unspecified atom stereocenters. The second kappa shape index (κ2) is 10.8. The third kappa shape index (κ3) is 5.18. The zero-order valence-corrected chi connectivity index (χ0v) is 20.7. The highest BCUT2D eigenvalue weighted by molar-refractivity contribution is 7.17. The Morgan fingerprint density at radius 2 is 2.00 bits per heavy atom. The third-order valence-corrected chi connectivity index (χ3v) is 7.00. The fraction of sp³-hybridized carbons (Fsp3) is 0.269. The summed E-state index contributed by atoms with van der Waals surface area (Å²) in [6, 6.07) is 9.15. The van der Waals surface area contributed by atoms with Gasteiger partial charge in [0.15, 0.2) is 5.65 Å². The van der Waals surface area contributed by atoms with Crippen LogP contribution >= 0.6 is 11.3 Å². The maximum absolute atomic E-state index is 13.8. The lowest BCUT2D eigenvalue weighted by atomic mass is 10.1. The van der Waals surface area contributed by atoms with Crippen LogP contribution in [0, 0.1) is 12.7 Å². The molecule has 0 atom stereocenters. The lowest BCUT2D eigenvalue weighted by Crippen LogP contribution is -2.30. The molecule has 0 spiro atoms. The van der Waals surface area contributed by atoms with Gasteiger partial charge in [0.1, 0.15) is 18.0 Å². The topological polar surface area (TPSA) is 88.8 Å². The molecular weight excluding hydrogens is 477 g/mol. The number of anilines is 1. The van der Waals surface area contributed by atoms with E-state index in [-0.39, 0.29) is 7.24 Å². The summed E-state index contributed by atoms with van der Waals surface area (Å²) in [5.74, 6) is 0.693. The standard InChI is InChI=1S/C17H18FN5.C9H8N2OS.H2/c1-12-5-6-13(9-15(12)18)23-10-14-16(21-23)19-11-20-17(14)22-7-3-2-4-8-22;12-6-10-4-8-3-7-1-2-13-9(7)5-11-8;/h5-6,9-11H,2-4,7-8H2,1H3;1-3,5-6H,4H2,(H,10,12);1H. The van der Waals surface area contributed by atoms with Crippen LogP contribution < -0.4 is 10.2 Å². The van der Waals surface area contributed by atoms with Gasteiger partial charge in [0.05, 0.1) is 28.0 Å². The molecule has 0 radical (unpaired) electrons. The van der Waals surface area contributed by atoms with Crippen molar-refractivity contribution in [1.82, 2.24) is 30.0 Å². The van der Waals surface area contributed by atoms with Crippen LogP contribution in [0.4, 0.5) is 10.2 Å². The number of pyridine rings is 1. The van der Waals surface area contributed by atoms with E-state index in [2.05, 4.69) is 30.3 Å². The van der Waals surface area contributed by atoms with Crippen molar-refractivity contribution in [2.45, 2.75) is 32.7 Å². The van der Waals surface area contributed by atoms with Gasteiger partial charge in [-0.1, -0.05) is 6.07 Å². The number of carbonyl (C=O) groups is 1. The van der Waals surface area contributed by atoms with Crippen molar-refractivity contribution < 1.29 is 10.6 Å². The van der Waals surface area contributed by atoms with Crippen LogP contribution in [-0.2, 0) is 11.3 Å². The average Bonchev–Trinajstić information content (AvgIpc) is 3.56. The van der Waals surface area contributed by atoms with E-state index in [1.807, 2.05) is 36.0 Å². The summed E-state index contributed by atoms with van der Waals surface area (Å²) in [5.41, 5.74) is 2.84. The van der Waals surface area contributed by atoms with Gasteiger partial charge >= 0.3 is 0 Å². The van der Waals surface area contributed by atoms with E-state index in [1.54, 1.807) is 35.3 Å². The molecule has 1 aromatic carbocycles. The molecular formula is C26H28FN7OS. The number of fused-ring (bicyclic) bond motifs is 2. The Labute approximate surface area is 213 Å². The number of benzene rings is 1. The average molecular weight is 506 g/mol. The van der Waals surface area contributed by atoms with Gasteiger partial charge in [-0.3, -0.25) is 9.78 Å². The van der Waals surface area contributed by atoms with Crippen LogP contribution in [0.5, 0.6) is 0 Å². The van der Waals surface area contributed by atoms with E-state index in [1.165, 1.54) is 35.4 Å². The molecule has 4 aromatic heterocycles. The predicted octanol–water partition coefficient (Wildman–Crippen LogP) is 5.04. The molecule has 186 valence electrons. The van der Waals surface area contributed by atoms with Crippen molar-refractivity contribution in [2.24, 2.45) is 0 Å². The second-order valence-corrected chi connectivity index (χ2v) is 9.57. The van der Waals surface area contributed by atoms with Crippen LogP contribution in [0.2, 0.25) is 0 Å². The summed E-state index contributed by atoms with van der Waals surface area (Å²) in [6.45, 7) is 4.26. The number of aromatic nitrogens is 5. The first-order chi connectivity index (χ1) is 17.6. The number of aryl methyl sites for hydroxylation is 1. The number of piperidine rings is 1. The van der Waals surface area contributed by atoms with Gasteiger partial charge in [0, 0.05) is 26.9 Å². The number of nitrogens with zero attached hydrogens (tertiary/aromatic N) is 6. The van der Waals surface area contributed by atoms with Crippen LogP contribution in [-0.4, -0.2) is 44.2 Å². The van der Waals surface area contributed by atoms with Crippen molar-refractivity contribution in [2.75, 3.05) is 18.0 Å². The molecule has 1 aliphatic heterocycles. The smallest absolute Gasteiger partial charge is 0.207 e. The Kier molecular flexibility index (Phi) is 7.13. The molecule has 1 amide bonds. The van der Waals surface area contributed by atoms with Gasteiger partial charge in [-0.15, -0.1) is 16.4 Å². The SMILES string of the molecule is Cc1ccc(-n2cc3c(N4CCCCC4)ncnc3n2)cc1F.O=CNCc1cc2ccsc2cn1.[HH]. The maximum atomic E-state index is 13.8.